The first-order valence-corrected chi connectivity index (χ1v) is 9.74. The fraction of sp³-hybridized carbons (Fsp3) is 0.208. The van der Waals surface area contributed by atoms with Gasteiger partial charge in [0, 0.05) is 37.0 Å². The summed E-state index contributed by atoms with van der Waals surface area (Å²) in [6.45, 7) is 2.02. The zero-order valence-electron chi connectivity index (χ0n) is 15.9. The summed E-state index contributed by atoms with van der Waals surface area (Å²) in [5, 5.41) is 2.99. The van der Waals surface area contributed by atoms with E-state index in [0.29, 0.717) is 24.3 Å². The van der Waals surface area contributed by atoms with Crippen molar-refractivity contribution in [3.8, 4) is 11.1 Å². The number of rotatable bonds is 5. The molecule has 1 aliphatic heterocycles. The summed E-state index contributed by atoms with van der Waals surface area (Å²) in [6, 6.07) is 21.6. The summed E-state index contributed by atoms with van der Waals surface area (Å²) in [7, 11) is 0. The van der Waals surface area contributed by atoms with E-state index in [2.05, 4.69) is 5.32 Å². The number of amides is 1. The number of carbonyl (C=O) groups is 1. The monoisotopic (exact) mass is 392 g/mol. The van der Waals surface area contributed by atoms with Crippen LogP contribution in [-0.4, -0.2) is 25.5 Å². The van der Waals surface area contributed by atoms with E-state index in [1.807, 2.05) is 59.5 Å². The average molecular weight is 392 g/mol. The predicted molar refractivity (Wildman–Crippen MR) is 111 cm³/mol. The molecule has 1 amide bonds. The van der Waals surface area contributed by atoms with Gasteiger partial charge < -0.3 is 10.2 Å². The topological polar surface area (TPSA) is 32.3 Å². The maximum absolute atomic E-state index is 13.4. The second kappa shape index (κ2) is 8.43. The van der Waals surface area contributed by atoms with Crippen LogP contribution in [0.1, 0.15) is 16.8 Å². The van der Waals surface area contributed by atoms with Gasteiger partial charge in [0.05, 0.1) is 0 Å². The number of halogens is 2. The molecule has 0 aliphatic carbocycles. The van der Waals surface area contributed by atoms with Crippen molar-refractivity contribution in [2.45, 2.75) is 6.42 Å². The van der Waals surface area contributed by atoms with Crippen molar-refractivity contribution in [2.75, 3.05) is 24.5 Å². The summed E-state index contributed by atoms with van der Waals surface area (Å²) >= 11 is 0. The molecule has 4 rings (SSSR count). The van der Waals surface area contributed by atoms with Crippen molar-refractivity contribution < 1.29 is 13.6 Å². The zero-order chi connectivity index (χ0) is 20.2. The summed E-state index contributed by atoms with van der Waals surface area (Å²) in [5.74, 6) is -1.50. The molecule has 148 valence electrons. The average Bonchev–Trinajstić information content (AvgIpc) is 3.24. The van der Waals surface area contributed by atoms with E-state index in [-0.39, 0.29) is 11.8 Å². The zero-order valence-corrected chi connectivity index (χ0v) is 15.9. The molecule has 29 heavy (non-hydrogen) atoms. The Morgan fingerprint density at radius 1 is 0.931 bits per heavy atom. The molecule has 3 nitrogen and oxygen atoms in total. The van der Waals surface area contributed by atoms with Gasteiger partial charge in [-0.05, 0) is 47.7 Å². The summed E-state index contributed by atoms with van der Waals surface area (Å²) in [4.78, 5) is 14.5. The lowest BCUT2D eigenvalue weighted by molar-refractivity contribution is 0.0948. The molecular formula is C24H22F2N2O. The first kappa shape index (κ1) is 19.1. The molecule has 0 aromatic heterocycles. The number of nitrogens with one attached hydrogen (secondary N) is 1. The van der Waals surface area contributed by atoms with E-state index in [1.54, 1.807) is 6.07 Å². The molecule has 1 unspecified atom stereocenters. The molecule has 1 N–H and O–H groups in total. The van der Waals surface area contributed by atoms with Crippen LogP contribution in [-0.2, 0) is 0 Å². The third-order valence-electron chi connectivity index (χ3n) is 5.36. The highest BCUT2D eigenvalue weighted by molar-refractivity contribution is 5.94. The molecule has 1 atom stereocenters. The fourth-order valence-corrected chi connectivity index (χ4v) is 3.70. The molecule has 1 aliphatic rings. The van der Waals surface area contributed by atoms with Crippen LogP contribution < -0.4 is 10.2 Å². The highest BCUT2D eigenvalue weighted by Gasteiger charge is 2.24. The van der Waals surface area contributed by atoms with E-state index in [4.69, 9.17) is 0 Å². The van der Waals surface area contributed by atoms with Gasteiger partial charge in [-0.3, -0.25) is 4.79 Å². The number of anilines is 1. The van der Waals surface area contributed by atoms with Gasteiger partial charge in [0.1, 0.15) is 0 Å². The Balaban J connectivity index is 1.31. The van der Waals surface area contributed by atoms with Crippen molar-refractivity contribution in [3.05, 3.63) is 90.0 Å². The van der Waals surface area contributed by atoms with E-state index < -0.39 is 11.6 Å². The minimum Gasteiger partial charge on any atom is -0.371 e. The molecule has 0 bridgehead atoms. The van der Waals surface area contributed by atoms with Gasteiger partial charge in [0.25, 0.3) is 5.91 Å². The number of benzene rings is 3. The third kappa shape index (κ3) is 4.45. The van der Waals surface area contributed by atoms with Gasteiger partial charge in [0.2, 0.25) is 0 Å². The third-order valence-corrected chi connectivity index (χ3v) is 5.36. The van der Waals surface area contributed by atoms with Gasteiger partial charge in [-0.2, -0.15) is 0 Å². The van der Waals surface area contributed by atoms with Gasteiger partial charge >= 0.3 is 0 Å². The lowest BCUT2D eigenvalue weighted by Gasteiger charge is -2.19. The van der Waals surface area contributed by atoms with Crippen LogP contribution in [0.5, 0.6) is 0 Å². The SMILES string of the molecule is O=C(NCC1CCN(c2ccc(F)c(F)c2)C1)c1ccc(-c2ccccc2)cc1. The minimum atomic E-state index is -0.838. The van der Waals surface area contributed by atoms with Gasteiger partial charge in [-0.25, -0.2) is 8.78 Å². The maximum atomic E-state index is 13.4. The maximum Gasteiger partial charge on any atom is 0.251 e. The quantitative estimate of drug-likeness (QED) is 0.671. The fourth-order valence-electron chi connectivity index (χ4n) is 3.70. The summed E-state index contributed by atoms with van der Waals surface area (Å²) in [5.41, 5.74) is 3.48. The molecule has 5 heteroatoms. The Hall–Kier alpha value is -3.21. The van der Waals surface area contributed by atoms with Crippen LogP contribution in [0.2, 0.25) is 0 Å². The number of hydrogen-bond donors (Lipinski definition) is 1. The van der Waals surface area contributed by atoms with Crippen molar-refractivity contribution in [1.82, 2.24) is 5.32 Å². The van der Waals surface area contributed by atoms with Gasteiger partial charge in [-0.15, -0.1) is 0 Å². The van der Waals surface area contributed by atoms with Crippen LogP contribution in [0.4, 0.5) is 14.5 Å². The second-order valence-electron chi connectivity index (χ2n) is 7.35. The van der Waals surface area contributed by atoms with Crippen molar-refractivity contribution >= 4 is 11.6 Å². The Morgan fingerprint density at radius 3 is 2.38 bits per heavy atom. The highest BCUT2D eigenvalue weighted by Crippen LogP contribution is 2.25. The van der Waals surface area contributed by atoms with Crippen molar-refractivity contribution in [1.29, 1.82) is 0 Å². The Kier molecular flexibility index (Phi) is 5.56. The molecule has 1 fully saturated rings. The standard InChI is InChI=1S/C24H22F2N2O/c25-22-11-10-21(14-23(22)26)28-13-12-17(16-28)15-27-24(29)20-8-6-19(7-9-20)18-4-2-1-3-5-18/h1-11,14,17H,12-13,15-16H2,(H,27,29). The van der Waals surface area contributed by atoms with Crippen molar-refractivity contribution in [3.63, 3.8) is 0 Å². The Bertz CT molecular complexity index is 990. The summed E-state index contributed by atoms with van der Waals surface area (Å²) < 4.78 is 26.6. The molecule has 1 heterocycles. The smallest absolute Gasteiger partial charge is 0.251 e. The van der Waals surface area contributed by atoms with Crippen molar-refractivity contribution in [2.24, 2.45) is 5.92 Å². The van der Waals surface area contributed by atoms with Crippen LogP contribution in [0.15, 0.2) is 72.8 Å². The lowest BCUT2D eigenvalue weighted by atomic mass is 10.0. The molecule has 1 saturated heterocycles. The number of carbonyl (C=O) groups excluding carboxylic acids is 1. The normalized spacial score (nSPS) is 16.1. The van der Waals surface area contributed by atoms with E-state index in [9.17, 15) is 13.6 Å². The van der Waals surface area contributed by atoms with Gasteiger partial charge in [0.15, 0.2) is 11.6 Å². The molecule has 0 spiro atoms. The molecular weight excluding hydrogens is 370 g/mol. The first-order chi connectivity index (χ1) is 14.1. The molecule has 0 radical (unpaired) electrons. The lowest BCUT2D eigenvalue weighted by Crippen LogP contribution is -2.31. The Morgan fingerprint density at radius 2 is 1.66 bits per heavy atom. The molecule has 3 aromatic rings. The number of nitrogens with zero attached hydrogens (tertiary/aromatic N) is 1. The Labute approximate surface area is 169 Å². The second-order valence-corrected chi connectivity index (χ2v) is 7.35. The van der Waals surface area contributed by atoms with E-state index >= 15 is 0 Å². The van der Waals surface area contributed by atoms with Crippen LogP contribution in [0, 0.1) is 17.6 Å². The molecule has 3 aromatic carbocycles. The first-order valence-electron chi connectivity index (χ1n) is 9.74. The number of hydrogen-bond acceptors (Lipinski definition) is 2. The summed E-state index contributed by atoms with van der Waals surface area (Å²) in [6.07, 6.45) is 0.895. The predicted octanol–water partition coefficient (Wildman–Crippen LogP) is 4.89. The van der Waals surface area contributed by atoms with Crippen LogP contribution in [0.25, 0.3) is 11.1 Å². The van der Waals surface area contributed by atoms with E-state index in [1.165, 1.54) is 6.07 Å². The minimum absolute atomic E-state index is 0.101. The van der Waals surface area contributed by atoms with Gasteiger partial charge in [-0.1, -0.05) is 42.5 Å². The molecule has 0 saturated carbocycles. The largest absolute Gasteiger partial charge is 0.371 e. The van der Waals surface area contributed by atoms with Crippen LogP contribution in [0.3, 0.4) is 0 Å². The van der Waals surface area contributed by atoms with Crippen LogP contribution >= 0.6 is 0 Å². The highest BCUT2D eigenvalue weighted by atomic mass is 19.2. The van der Waals surface area contributed by atoms with E-state index in [0.717, 1.165) is 30.2 Å².